The Morgan fingerprint density at radius 3 is 2.75 bits per heavy atom. The van der Waals surface area contributed by atoms with E-state index in [-0.39, 0.29) is 11.9 Å². The van der Waals surface area contributed by atoms with Gasteiger partial charge >= 0.3 is 0 Å². The van der Waals surface area contributed by atoms with Crippen LogP contribution in [-0.2, 0) is 4.79 Å². The number of carbonyl (C=O) groups excluding carboxylic acids is 1. The van der Waals surface area contributed by atoms with Crippen LogP contribution in [0.1, 0.15) is 26.8 Å². The van der Waals surface area contributed by atoms with Crippen LogP contribution in [0.2, 0.25) is 0 Å². The maximum atomic E-state index is 11.9. The Kier molecular flexibility index (Phi) is 4.02. The first-order chi connectivity index (χ1) is 9.47. The molecule has 1 aromatic carbocycles. The molecule has 0 saturated heterocycles. The largest absolute Gasteiger partial charge is 0.399 e. The summed E-state index contributed by atoms with van der Waals surface area (Å²) in [6.45, 7) is 5.63. The predicted octanol–water partition coefficient (Wildman–Crippen LogP) is 1.61. The van der Waals surface area contributed by atoms with Crippen LogP contribution in [0, 0.1) is 0 Å². The minimum absolute atomic E-state index is 0.0796. The van der Waals surface area contributed by atoms with Crippen LogP contribution in [0.25, 0.3) is 11.4 Å². The van der Waals surface area contributed by atoms with E-state index in [1.165, 1.54) is 0 Å². The van der Waals surface area contributed by atoms with E-state index in [1.54, 1.807) is 30.1 Å². The van der Waals surface area contributed by atoms with Gasteiger partial charge in [0.1, 0.15) is 12.4 Å². The summed E-state index contributed by atoms with van der Waals surface area (Å²) in [7, 11) is 0. The van der Waals surface area contributed by atoms with E-state index >= 15 is 0 Å². The van der Waals surface area contributed by atoms with E-state index in [0.29, 0.717) is 11.5 Å². The Morgan fingerprint density at radius 1 is 1.35 bits per heavy atom. The minimum Gasteiger partial charge on any atom is -0.399 e. The lowest BCUT2D eigenvalue weighted by atomic mass is 10.2. The van der Waals surface area contributed by atoms with E-state index in [4.69, 9.17) is 5.73 Å². The lowest BCUT2D eigenvalue weighted by Gasteiger charge is -2.14. The molecule has 0 saturated carbocycles. The van der Waals surface area contributed by atoms with Gasteiger partial charge in [0.2, 0.25) is 5.91 Å². The Hall–Kier alpha value is -2.37. The summed E-state index contributed by atoms with van der Waals surface area (Å²) in [5.41, 5.74) is 7.23. The normalized spacial score (nSPS) is 12.4. The van der Waals surface area contributed by atoms with Crippen molar-refractivity contribution in [3.8, 4) is 11.4 Å². The number of rotatable bonds is 4. The van der Waals surface area contributed by atoms with E-state index < -0.39 is 6.04 Å². The summed E-state index contributed by atoms with van der Waals surface area (Å²) in [5.74, 6) is 0.477. The van der Waals surface area contributed by atoms with Crippen LogP contribution >= 0.6 is 0 Å². The maximum absolute atomic E-state index is 11.9. The molecule has 6 heteroatoms. The van der Waals surface area contributed by atoms with Gasteiger partial charge in [0.15, 0.2) is 5.82 Å². The molecule has 6 nitrogen and oxygen atoms in total. The van der Waals surface area contributed by atoms with Crippen molar-refractivity contribution in [1.29, 1.82) is 0 Å². The summed E-state index contributed by atoms with van der Waals surface area (Å²) in [6.07, 6.45) is 1.56. The van der Waals surface area contributed by atoms with Crippen molar-refractivity contribution < 1.29 is 4.79 Å². The number of aromatic nitrogens is 3. The molecule has 2 rings (SSSR count). The summed E-state index contributed by atoms with van der Waals surface area (Å²) < 4.78 is 1.55. The number of hydrogen-bond donors (Lipinski definition) is 2. The molecule has 0 aliphatic heterocycles. The fourth-order valence-electron chi connectivity index (χ4n) is 1.80. The van der Waals surface area contributed by atoms with Gasteiger partial charge in [-0.05, 0) is 32.9 Å². The number of nitrogens with one attached hydrogen (secondary N) is 1. The summed E-state index contributed by atoms with van der Waals surface area (Å²) in [5, 5.41) is 7.19. The standard InChI is InChI=1S/C14H19N5O/c1-9(2)17-14(20)10(3)19-8-16-13(18-19)11-5-4-6-12(15)7-11/h4-10H,15H2,1-3H3,(H,17,20). The Bertz CT molecular complexity index is 605. The van der Waals surface area contributed by atoms with Crippen molar-refractivity contribution in [3.05, 3.63) is 30.6 Å². The monoisotopic (exact) mass is 273 g/mol. The van der Waals surface area contributed by atoms with Crippen molar-refractivity contribution in [3.63, 3.8) is 0 Å². The zero-order valence-electron chi connectivity index (χ0n) is 11.9. The first kappa shape index (κ1) is 14.0. The molecule has 1 unspecified atom stereocenters. The SMILES string of the molecule is CC(C)NC(=O)C(C)n1cnc(-c2cccc(N)c2)n1. The first-order valence-electron chi connectivity index (χ1n) is 6.55. The zero-order valence-corrected chi connectivity index (χ0v) is 11.9. The number of anilines is 1. The molecule has 0 spiro atoms. The molecule has 0 aliphatic carbocycles. The molecule has 1 amide bonds. The fraction of sp³-hybridized carbons (Fsp3) is 0.357. The minimum atomic E-state index is -0.403. The highest BCUT2D eigenvalue weighted by atomic mass is 16.2. The molecule has 0 aliphatic rings. The number of benzene rings is 1. The van der Waals surface area contributed by atoms with Crippen LogP contribution in [-0.4, -0.2) is 26.7 Å². The summed E-state index contributed by atoms with van der Waals surface area (Å²) in [4.78, 5) is 16.2. The average Bonchev–Trinajstić information content (AvgIpc) is 2.86. The number of carbonyl (C=O) groups is 1. The quantitative estimate of drug-likeness (QED) is 0.829. The van der Waals surface area contributed by atoms with Gasteiger partial charge in [0, 0.05) is 17.3 Å². The molecule has 1 aromatic heterocycles. The second-order valence-corrected chi connectivity index (χ2v) is 5.01. The van der Waals surface area contributed by atoms with Crippen LogP contribution in [0.4, 0.5) is 5.69 Å². The molecule has 2 aromatic rings. The third-order valence-electron chi connectivity index (χ3n) is 2.86. The number of nitrogen functional groups attached to an aromatic ring is 1. The van der Waals surface area contributed by atoms with Gasteiger partial charge < -0.3 is 11.1 Å². The van der Waals surface area contributed by atoms with Crippen molar-refractivity contribution in [1.82, 2.24) is 20.1 Å². The number of amides is 1. The smallest absolute Gasteiger partial charge is 0.244 e. The van der Waals surface area contributed by atoms with Crippen LogP contribution in [0.5, 0.6) is 0 Å². The van der Waals surface area contributed by atoms with Crippen molar-refractivity contribution >= 4 is 11.6 Å². The zero-order chi connectivity index (χ0) is 14.7. The molecule has 0 bridgehead atoms. The lowest BCUT2D eigenvalue weighted by molar-refractivity contribution is -0.124. The van der Waals surface area contributed by atoms with Crippen LogP contribution in [0.15, 0.2) is 30.6 Å². The molecule has 0 fully saturated rings. The third kappa shape index (κ3) is 3.14. The third-order valence-corrected chi connectivity index (χ3v) is 2.86. The number of nitrogens with zero attached hydrogens (tertiary/aromatic N) is 3. The molecule has 106 valence electrons. The molecular weight excluding hydrogens is 254 g/mol. The van der Waals surface area contributed by atoms with Crippen molar-refractivity contribution in [2.45, 2.75) is 32.9 Å². The van der Waals surface area contributed by atoms with Gasteiger partial charge in [0.25, 0.3) is 0 Å². The van der Waals surface area contributed by atoms with E-state index in [2.05, 4.69) is 15.4 Å². The molecule has 20 heavy (non-hydrogen) atoms. The highest BCUT2D eigenvalue weighted by Crippen LogP contribution is 2.18. The molecule has 3 N–H and O–H groups in total. The van der Waals surface area contributed by atoms with Crippen molar-refractivity contribution in [2.24, 2.45) is 0 Å². The Balaban J connectivity index is 2.18. The van der Waals surface area contributed by atoms with Gasteiger partial charge in [-0.25, -0.2) is 9.67 Å². The van der Waals surface area contributed by atoms with Crippen LogP contribution in [0.3, 0.4) is 0 Å². The van der Waals surface area contributed by atoms with E-state index in [0.717, 1.165) is 5.56 Å². The average molecular weight is 273 g/mol. The second-order valence-electron chi connectivity index (χ2n) is 5.01. The van der Waals surface area contributed by atoms with E-state index in [9.17, 15) is 4.79 Å². The maximum Gasteiger partial charge on any atom is 0.244 e. The Labute approximate surface area is 118 Å². The fourth-order valence-corrected chi connectivity index (χ4v) is 1.80. The molecule has 1 atom stereocenters. The van der Waals surface area contributed by atoms with E-state index in [1.807, 2.05) is 26.0 Å². The predicted molar refractivity (Wildman–Crippen MR) is 77.9 cm³/mol. The highest BCUT2D eigenvalue weighted by Gasteiger charge is 2.17. The van der Waals surface area contributed by atoms with Crippen molar-refractivity contribution in [2.75, 3.05) is 5.73 Å². The van der Waals surface area contributed by atoms with Gasteiger partial charge in [-0.15, -0.1) is 0 Å². The second kappa shape index (κ2) is 5.73. The number of hydrogen-bond acceptors (Lipinski definition) is 4. The number of nitrogens with two attached hydrogens (primary N) is 1. The van der Waals surface area contributed by atoms with Gasteiger partial charge in [-0.2, -0.15) is 5.10 Å². The lowest BCUT2D eigenvalue weighted by Crippen LogP contribution is -2.35. The highest BCUT2D eigenvalue weighted by molar-refractivity contribution is 5.80. The van der Waals surface area contributed by atoms with Gasteiger partial charge in [-0.1, -0.05) is 12.1 Å². The van der Waals surface area contributed by atoms with Gasteiger partial charge in [-0.3, -0.25) is 4.79 Å². The van der Waals surface area contributed by atoms with Gasteiger partial charge in [0.05, 0.1) is 0 Å². The molecule has 0 radical (unpaired) electrons. The van der Waals surface area contributed by atoms with Crippen LogP contribution < -0.4 is 11.1 Å². The molecular formula is C14H19N5O. The first-order valence-corrected chi connectivity index (χ1v) is 6.55. The Morgan fingerprint density at radius 2 is 2.10 bits per heavy atom. The topological polar surface area (TPSA) is 85.8 Å². The summed E-state index contributed by atoms with van der Waals surface area (Å²) >= 11 is 0. The summed E-state index contributed by atoms with van der Waals surface area (Å²) in [6, 6.07) is 7.04. The molecule has 1 heterocycles.